The molecule has 0 amide bonds. The molecule has 1 unspecified atom stereocenters. The van der Waals surface area contributed by atoms with Crippen molar-refractivity contribution in [2.75, 3.05) is 24.6 Å². The van der Waals surface area contributed by atoms with Gasteiger partial charge in [0.2, 0.25) is 0 Å². The zero-order valence-corrected chi connectivity index (χ0v) is 10.5. The van der Waals surface area contributed by atoms with E-state index in [1.807, 2.05) is 0 Å². The van der Waals surface area contributed by atoms with E-state index in [1.54, 1.807) is 0 Å². The Labute approximate surface area is 103 Å². The Kier molecular flexibility index (Phi) is 4.02. The summed E-state index contributed by atoms with van der Waals surface area (Å²) in [4.78, 5) is 2.37. The van der Waals surface area contributed by atoms with Crippen molar-refractivity contribution in [2.45, 2.75) is 26.3 Å². The summed E-state index contributed by atoms with van der Waals surface area (Å²) < 4.78 is 0. The minimum absolute atomic E-state index is 0.292. The Morgan fingerprint density at radius 3 is 3.00 bits per heavy atom. The number of hydrogen-bond acceptors (Lipinski definition) is 3. The van der Waals surface area contributed by atoms with Crippen LogP contribution in [-0.4, -0.2) is 24.8 Å². The molecule has 0 aromatic heterocycles. The fraction of sp³-hybridized carbons (Fsp3) is 0.571. The van der Waals surface area contributed by atoms with Crippen LogP contribution in [0.25, 0.3) is 0 Å². The van der Waals surface area contributed by atoms with Gasteiger partial charge in [0.1, 0.15) is 0 Å². The second-order valence-electron chi connectivity index (χ2n) is 4.97. The topological polar surface area (TPSA) is 49.5 Å². The van der Waals surface area contributed by atoms with E-state index in [0.29, 0.717) is 19.1 Å². The van der Waals surface area contributed by atoms with Crippen LogP contribution >= 0.6 is 0 Å². The summed E-state index contributed by atoms with van der Waals surface area (Å²) in [5.74, 6) is 0.412. The number of aliphatic hydroxyl groups excluding tert-OH is 1. The minimum atomic E-state index is 0.292. The predicted molar refractivity (Wildman–Crippen MR) is 71.1 cm³/mol. The zero-order chi connectivity index (χ0) is 12.3. The van der Waals surface area contributed by atoms with Crippen molar-refractivity contribution < 1.29 is 5.11 Å². The molecule has 0 saturated carbocycles. The first kappa shape index (κ1) is 12.4. The highest BCUT2D eigenvalue weighted by Gasteiger charge is 2.20. The van der Waals surface area contributed by atoms with Crippen LogP contribution in [0.4, 0.5) is 5.69 Å². The summed E-state index contributed by atoms with van der Waals surface area (Å²) in [5.41, 5.74) is 9.52. The average molecular weight is 234 g/mol. The first-order chi connectivity index (χ1) is 8.24. The predicted octanol–water partition coefficient (Wildman–Crippen LogP) is 1.66. The van der Waals surface area contributed by atoms with Gasteiger partial charge < -0.3 is 15.7 Å². The van der Waals surface area contributed by atoms with Crippen LogP contribution in [0.15, 0.2) is 18.2 Å². The van der Waals surface area contributed by atoms with E-state index in [1.165, 1.54) is 16.8 Å². The second-order valence-corrected chi connectivity index (χ2v) is 4.97. The van der Waals surface area contributed by atoms with Crippen molar-refractivity contribution in [2.24, 2.45) is 11.7 Å². The maximum Gasteiger partial charge on any atom is 0.0476 e. The lowest BCUT2D eigenvalue weighted by Gasteiger charge is -2.35. The summed E-state index contributed by atoms with van der Waals surface area (Å²) >= 11 is 0. The first-order valence-electron chi connectivity index (χ1n) is 6.40. The van der Waals surface area contributed by atoms with Gasteiger partial charge in [-0.15, -0.1) is 0 Å². The van der Waals surface area contributed by atoms with E-state index < -0.39 is 0 Å². The number of benzene rings is 1. The molecule has 1 aliphatic rings. The van der Waals surface area contributed by atoms with Crippen LogP contribution in [0.1, 0.15) is 24.0 Å². The standard InChI is InChI=1S/C14H22N2O/c1-11-4-5-13(8-15)14(7-11)16-6-2-3-12(9-16)10-17/h4-5,7,12,17H,2-3,6,8-10,15H2,1H3. The molecule has 2 rings (SSSR count). The highest BCUT2D eigenvalue weighted by atomic mass is 16.3. The van der Waals surface area contributed by atoms with Crippen molar-refractivity contribution in [3.8, 4) is 0 Å². The van der Waals surface area contributed by atoms with Crippen molar-refractivity contribution in [3.63, 3.8) is 0 Å². The molecular weight excluding hydrogens is 212 g/mol. The molecule has 3 heteroatoms. The summed E-state index contributed by atoms with van der Waals surface area (Å²) in [6, 6.07) is 6.44. The van der Waals surface area contributed by atoms with Crippen LogP contribution in [-0.2, 0) is 6.54 Å². The average Bonchev–Trinajstić information content (AvgIpc) is 2.39. The Morgan fingerprint density at radius 1 is 1.47 bits per heavy atom. The minimum Gasteiger partial charge on any atom is -0.396 e. The maximum atomic E-state index is 9.29. The second kappa shape index (κ2) is 5.52. The molecule has 0 aliphatic carbocycles. The molecule has 3 nitrogen and oxygen atoms in total. The molecule has 1 saturated heterocycles. The molecule has 17 heavy (non-hydrogen) atoms. The highest BCUT2D eigenvalue weighted by Crippen LogP contribution is 2.27. The van der Waals surface area contributed by atoms with Crippen molar-refractivity contribution >= 4 is 5.69 Å². The Bertz CT molecular complexity index is 378. The molecule has 1 fully saturated rings. The molecule has 0 radical (unpaired) electrons. The third-order valence-electron chi connectivity index (χ3n) is 3.58. The van der Waals surface area contributed by atoms with Gasteiger partial charge in [-0.1, -0.05) is 12.1 Å². The first-order valence-corrected chi connectivity index (χ1v) is 6.40. The number of rotatable bonds is 3. The monoisotopic (exact) mass is 234 g/mol. The van der Waals surface area contributed by atoms with E-state index in [9.17, 15) is 5.11 Å². The van der Waals surface area contributed by atoms with Crippen molar-refractivity contribution in [1.82, 2.24) is 0 Å². The number of hydrogen-bond donors (Lipinski definition) is 2. The fourth-order valence-electron chi connectivity index (χ4n) is 2.57. The van der Waals surface area contributed by atoms with E-state index in [0.717, 1.165) is 25.9 Å². The Balaban J connectivity index is 2.22. The molecule has 1 aromatic carbocycles. The SMILES string of the molecule is Cc1ccc(CN)c(N2CCCC(CO)C2)c1. The summed E-state index contributed by atoms with van der Waals surface area (Å²) in [6.45, 7) is 5.01. The molecule has 3 N–H and O–H groups in total. The van der Waals surface area contributed by atoms with Gasteiger partial charge in [0.15, 0.2) is 0 Å². The van der Waals surface area contributed by atoms with Gasteiger partial charge in [-0.3, -0.25) is 0 Å². The molecule has 0 bridgehead atoms. The molecule has 1 heterocycles. The molecule has 1 aromatic rings. The van der Waals surface area contributed by atoms with Crippen molar-refractivity contribution in [3.05, 3.63) is 29.3 Å². The summed E-state index contributed by atoms with van der Waals surface area (Å²) in [6.07, 6.45) is 2.29. The molecule has 94 valence electrons. The summed E-state index contributed by atoms with van der Waals surface area (Å²) in [7, 11) is 0. The number of aliphatic hydroxyl groups is 1. The number of nitrogens with zero attached hydrogens (tertiary/aromatic N) is 1. The number of aryl methyl sites for hydroxylation is 1. The van der Waals surface area contributed by atoms with Crippen LogP contribution in [0.2, 0.25) is 0 Å². The summed E-state index contributed by atoms with van der Waals surface area (Å²) in [5, 5.41) is 9.29. The Morgan fingerprint density at radius 2 is 2.29 bits per heavy atom. The van der Waals surface area contributed by atoms with E-state index in [-0.39, 0.29) is 0 Å². The highest BCUT2D eigenvalue weighted by molar-refractivity contribution is 5.55. The third-order valence-corrected chi connectivity index (χ3v) is 3.58. The van der Waals surface area contributed by atoms with Gasteiger partial charge in [-0.2, -0.15) is 0 Å². The van der Waals surface area contributed by atoms with Crippen molar-refractivity contribution in [1.29, 1.82) is 0 Å². The zero-order valence-electron chi connectivity index (χ0n) is 10.5. The van der Waals surface area contributed by atoms with Gasteiger partial charge in [0, 0.05) is 31.9 Å². The van der Waals surface area contributed by atoms with Gasteiger partial charge in [-0.05, 0) is 42.9 Å². The van der Waals surface area contributed by atoms with Gasteiger partial charge in [0.25, 0.3) is 0 Å². The molecule has 0 spiro atoms. The van der Waals surface area contributed by atoms with E-state index in [2.05, 4.69) is 30.0 Å². The number of nitrogens with two attached hydrogens (primary N) is 1. The van der Waals surface area contributed by atoms with Crippen LogP contribution in [0, 0.1) is 12.8 Å². The molecular formula is C14H22N2O. The van der Waals surface area contributed by atoms with Crippen LogP contribution in [0.3, 0.4) is 0 Å². The lowest BCUT2D eigenvalue weighted by atomic mass is 9.97. The number of piperidine rings is 1. The Hall–Kier alpha value is -1.06. The lowest BCUT2D eigenvalue weighted by Crippen LogP contribution is -2.37. The normalized spacial score (nSPS) is 20.6. The maximum absolute atomic E-state index is 9.29. The third kappa shape index (κ3) is 2.79. The van der Waals surface area contributed by atoms with E-state index >= 15 is 0 Å². The van der Waals surface area contributed by atoms with Crippen LogP contribution in [0.5, 0.6) is 0 Å². The van der Waals surface area contributed by atoms with Gasteiger partial charge in [-0.25, -0.2) is 0 Å². The van der Waals surface area contributed by atoms with Crippen LogP contribution < -0.4 is 10.6 Å². The molecule has 1 aliphatic heterocycles. The van der Waals surface area contributed by atoms with Gasteiger partial charge in [0.05, 0.1) is 0 Å². The quantitative estimate of drug-likeness (QED) is 0.836. The molecule has 1 atom stereocenters. The number of anilines is 1. The largest absolute Gasteiger partial charge is 0.396 e. The van der Waals surface area contributed by atoms with E-state index in [4.69, 9.17) is 5.73 Å². The fourth-order valence-corrected chi connectivity index (χ4v) is 2.57. The van der Waals surface area contributed by atoms with Gasteiger partial charge >= 0.3 is 0 Å². The lowest BCUT2D eigenvalue weighted by molar-refractivity contribution is 0.208. The smallest absolute Gasteiger partial charge is 0.0476 e.